The van der Waals surface area contributed by atoms with Gasteiger partial charge in [0.25, 0.3) is 0 Å². The molecule has 0 aliphatic heterocycles. The van der Waals surface area contributed by atoms with Gasteiger partial charge in [0.05, 0.1) is 18.8 Å². The Morgan fingerprint density at radius 2 is 2.33 bits per heavy atom. The van der Waals surface area contributed by atoms with Crippen LogP contribution in [0.4, 0.5) is 0 Å². The summed E-state index contributed by atoms with van der Waals surface area (Å²) in [7, 11) is 1.38. The van der Waals surface area contributed by atoms with Crippen LogP contribution in [0.15, 0.2) is 24.4 Å². The third-order valence-corrected chi connectivity index (χ3v) is 2.33. The number of aromatic nitrogens is 2. The van der Waals surface area contributed by atoms with Gasteiger partial charge < -0.3 is 4.74 Å². The summed E-state index contributed by atoms with van der Waals surface area (Å²) in [6.45, 7) is 2.00. The van der Waals surface area contributed by atoms with E-state index in [0.717, 1.165) is 17.8 Å². The Hall–Kier alpha value is -1.84. The van der Waals surface area contributed by atoms with Crippen molar-refractivity contribution in [3.63, 3.8) is 0 Å². The molecule has 2 aromatic heterocycles. The molecule has 0 atom stereocenters. The van der Waals surface area contributed by atoms with Crippen LogP contribution in [0.3, 0.4) is 0 Å². The van der Waals surface area contributed by atoms with Gasteiger partial charge >= 0.3 is 5.97 Å². The van der Waals surface area contributed by atoms with Crippen LogP contribution in [-0.4, -0.2) is 22.5 Å². The molecule has 2 aromatic rings. The number of carbonyl (C=O) groups excluding carboxylic acids is 1. The number of imidazole rings is 1. The number of fused-ring (bicyclic) bond motifs is 1. The third kappa shape index (κ3) is 1.48. The molecule has 0 aliphatic rings. The molecule has 4 nitrogen and oxygen atoms in total. The zero-order valence-corrected chi connectivity index (χ0v) is 8.73. The summed E-state index contributed by atoms with van der Waals surface area (Å²) in [6, 6.07) is 5.47. The second-order valence-electron chi connectivity index (χ2n) is 3.19. The number of rotatable bonds is 2. The van der Waals surface area contributed by atoms with Gasteiger partial charge in [0.15, 0.2) is 0 Å². The van der Waals surface area contributed by atoms with Gasteiger partial charge in [-0.1, -0.05) is 13.0 Å². The SMILES string of the molecule is CCc1ncc2cccc(C(=O)OC)n12. The Morgan fingerprint density at radius 3 is 3.00 bits per heavy atom. The first kappa shape index (κ1) is 9.71. The fourth-order valence-corrected chi connectivity index (χ4v) is 1.63. The molecule has 78 valence electrons. The monoisotopic (exact) mass is 204 g/mol. The van der Waals surface area contributed by atoms with E-state index in [4.69, 9.17) is 4.74 Å². The lowest BCUT2D eigenvalue weighted by Gasteiger charge is -2.05. The third-order valence-electron chi connectivity index (χ3n) is 2.33. The van der Waals surface area contributed by atoms with Crippen LogP contribution in [0.25, 0.3) is 5.52 Å². The molecule has 2 rings (SSSR count). The van der Waals surface area contributed by atoms with Crippen molar-refractivity contribution < 1.29 is 9.53 Å². The van der Waals surface area contributed by atoms with Crippen molar-refractivity contribution in [1.29, 1.82) is 0 Å². The summed E-state index contributed by atoms with van der Waals surface area (Å²) in [4.78, 5) is 15.8. The number of hydrogen-bond acceptors (Lipinski definition) is 3. The van der Waals surface area contributed by atoms with Crippen LogP contribution in [0.2, 0.25) is 0 Å². The highest BCUT2D eigenvalue weighted by Crippen LogP contribution is 2.12. The number of aryl methyl sites for hydroxylation is 1. The Balaban J connectivity index is 2.72. The molecular formula is C11H12N2O2. The van der Waals surface area contributed by atoms with Crippen molar-refractivity contribution in [2.75, 3.05) is 7.11 Å². The first-order chi connectivity index (χ1) is 7.27. The zero-order chi connectivity index (χ0) is 10.8. The minimum absolute atomic E-state index is 0.340. The minimum Gasteiger partial charge on any atom is -0.464 e. The van der Waals surface area contributed by atoms with E-state index in [1.807, 2.05) is 23.5 Å². The first-order valence-electron chi connectivity index (χ1n) is 4.81. The molecule has 2 heterocycles. The Bertz CT molecular complexity index is 502. The van der Waals surface area contributed by atoms with Crippen molar-refractivity contribution >= 4 is 11.5 Å². The van der Waals surface area contributed by atoms with Crippen LogP contribution >= 0.6 is 0 Å². The fraction of sp³-hybridized carbons (Fsp3) is 0.273. The summed E-state index contributed by atoms with van der Waals surface area (Å²) in [6.07, 6.45) is 2.54. The van der Waals surface area contributed by atoms with Gasteiger partial charge in [-0.25, -0.2) is 9.78 Å². The lowest BCUT2D eigenvalue weighted by atomic mass is 10.3. The molecule has 0 bridgehead atoms. The van der Waals surface area contributed by atoms with Gasteiger partial charge in [0, 0.05) is 6.42 Å². The Kier molecular flexibility index (Phi) is 2.41. The highest BCUT2D eigenvalue weighted by molar-refractivity contribution is 5.88. The predicted molar refractivity (Wildman–Crippen MR) is 55.9 cm³/mol. The molecule has 0 saturated carbocycles. The molecule has 0 aliphatic carbocycles. The van der Waals surface area contributed by atoms with E-state index < -0.39 is 0 Å². The van der Waals surface area contributed by atoms with Crippen molar-refractivity contribution in [2.45, 2.75) is 13.3 Å². The lowest BCUT2D eigenvalue weighted by molar-refractivity contribution is 0.0592. The standard InChI is InChI=1S/C11H12N2O2/c1-3-10-12-7-8-5-4-6-9(13(8)10)11(14)15-2/h4-7H,3H2,1-2H3. The highest BCUT2D eigenvalue weighted by Gasteiger charge is 2.12. The molecule has 0 spiro atoms. The summed E-state index contributed by atoms with van der Waals surface area (Å²) >= 11 is 0. The Morgan fingerprint density at radius 1 is 1.53 bits per heavy atom. The maximum atomic E-state index is 11.5. The molecule has 0 fully saturated rings. The van der Waals surface area contributed by atoms with Crippen LogP contribution in [0.5, 0.6) is 0 Å². The summed E-state index contributed by atoms with van der Waals surface area (Å²) in [5.41, 5.74) is 1.43. The number of methoxy groups -OCH3 is 1. The lowest BCUT2D eigenvalue weighted by Crippen LogP contribution is -2.09. The number of pyridine rings is 1. The molecule has 0 saturated heterocycles. The smallest absolute Gasteiger partial charge is 0.355 e. The second kappa shape index (κ2) is 3.73. The van der Waals surface area contributed by atoms with E-state index in [1.165, 1.54) is 7.11 Å². The van der Waals surface area contributed by atoms with Crippen molar-refractivity contribution in [3.8, 4) is 0 Å². The molecule has 15 heavy (non-hydrogen) atoms. The maximum Gasteiger partial charge on any atom is 0.355 e. The number of hydrogen-bond donors (Lipinski definition) is 0. The van der Waals surface area contributed by atoms with Gasteiger partial charge in [-0.3, -0.25) is 4.40 Å². The van der Waals surface area contributed by atoms with E-state index in [2.05, 4.69) is 4.98 Å². The van der Waals surface area contributed by atoms with Gasteiger partial charge in [0.2, 0.25) is 0 Å². The number of nitrogens with zero attached hydrogens (tertiary/aromatic N) is 2. The maximum absolute atomic E-state index is 11.5. The zero-order valence-electron chi connectivity index (χ0n) is 8.73. The molecule has 0 aromatic carbocycles. The quantitative estimate of drug-likeness (QED) is 0.699. The summed E-state index contributed by atoms with van der Waals surface area (Å²) < 4.78 is 6.55. The molecular weight excluding hydrogens is 192 g/mol. The summed E-state index contributed by atoms with van der Waals surface area (Å²) in [5, 5.41) is 0. The average Bonchev–Trinajstić information content (AvgIpc) is 2.70. The van der Waals surface area contributed by atoms with E-state index >= 15 is 0 Å². The molecule has 4 heteroatoms. The van der Waals surface area contributed by atoms with E-state index in [9.17, 15) is 4.79 Å². The van der Waals surface area contributed by atoms with Crippen LogP contribution in [0.1, 0.15) is 23.2 Å². The minimum atomic E-state index is -0.340. The van der Waals surface area contributed by atoms with Gasteiger partial charge in [-0.2, -0.15) is 0 Å². The highest BCUT2D eigenvalue weighted by atomic mass is 16.5. The second-order valence-corrected chi connectivity index (χ2v) is 3.19. The van der Waals surface area contributed by atoms with Crippen molar-refractivity contribution in [2.24, 2.45) is 0 Å². The first-order valence-corrected chi connectivity index (χ1v) is 4.81. The number of ether oxygens (including phenoxy) is 1. The molecule has 0 radical (unpaired) electrons. The number of carbonyl (C=O) groups is 1. The van der Waals surface area contributed by atoms with E-state index in [-0.39, 0.29) is 5.97 Å². The van der Waals surface area contributed by atoms with Crippen LogP contribution in [0, 0.1) is 0 Å². The fourth-order valence-electron chi connectivity index (χ4n) is 1.63. The average molecular weight is 204 g/mol. The number of esters is 1. The van der Waals surface area contributed by atoms with Gasteiger partial charge in [0.1, 0.15) is 11.5 Å². The van der Waals surface area contributed by atoms with E-state index in [0.29, 0.717) is 5.69 Å². The molecule has 0 unspecified atom stereocenters. The van der Waals surface area contributed by atoms with Gasteiger partial charge in [-0.05, 0) is 12.1 Å². The largest absolute Gasteiger partial charge is 0.464 e. The van der Waals surface area contributed by atoms with Crippen molar-refractivity contribution in [3.05, 3.63) is 35.9 Å². The molecule has 0 amide bonds. The van der Waals surface area contributed by atoms with Crippen LogP contribution < -0.4 is 0 Å². The van der Waals surface area contributed by atoms with Crippen LogP contribution in [-0.2, 0) is 11.2 Å². The summed E-state index contributed by atoms with van der Waals surface area (Å²) in [5.74, 6) is 0.527. The Labute approximate surface area is 87.5 Å². The van der Waals surface area contributed by atoms with Gasteiger partial charge in [-0.15, -0.1) is 0 Å². The topological polar surface area (TPSA) is 43.6 Å². The van der Waals surface area contributed by atoms with Crippen molar-refractivity contribution in [1.82, 2.24) is 9.38 Å². The molecule has 0 N–H and O–H groups in total. The van der Waals surface area contributed by atoms with E-state index in [1.54, 1.807) is 12.3 Å². The predicted octanol–water partition coefficient (Wildman–Crippen LogP) is 1.68. The normalized spacial score (nSPS) is 10.5.